The zero-order valence-corrected chi connectivity index (χ0v) is 17.4. The lowest BCUT2D eigenvalue weighted by molar-refractivity contribution is 0.414. The van der Waals surface area contributed by atoms with E-state index in [2.05, 4.69) is 41.5 Å². The summed E-state index contributed by atoms with van der Waals surface area (Å²) in [4.78, 5) is 14.2. The van der Waals surface area contributed by atoms with Gasteiger partial charge in [-0.2, -0.15) is 0 Å². The molecular weight excluding hydrogens is 376 g/mol. The van der Waals surface area contributed by atoms with Crippen molar-refractivity contribution >= 4 is 16.7 Å². The number of pyridine rings is 1. The van der Waals surface area contributed by atoms with Gasteiger partial charge in [0.15, 0.2) is 17.1 Å². The van der Waals surface area contributed by atoms with E-state index in [0.717, 1.165) is 56.5 Å². The molecule has 0 N–H and O–H groups in total. The molecule has 4 aromatic heterocycles. The van der Waals surface area contributed by atoms with Gasteiger partial charge in [0.05, 0.1) is 12.5 Å². The van der Waals surface area contributed by atoms with E-state index >= 15 is 0 Å². The molecule has 0 unspecified atom stereocenters. The quantitative estimate of drug-likeness (QED) is 0.458. The molecule has 0 atom stereocenters. The standard InChI is InChI=1S/C23H22N6O/c1-14-6-5-11-24-21(14)29-16(3)15(2)20-22(29)25-13-28-23(20)26-19(27-28)12-17-7-9-18(30-4)10-8-17/h5-11,13H,12H2,1-4H3. The van der Waals surface area contributed by atoms with Crippen LogP contribution < -0.4 is 4.74 Å². The normalized spacial score (nSPS) is 11.5. The molecule has 5 rings (SSSR count). The van der Waals surface area contributed by atoms with Crippen LogP contribution in [0.4, 0.5) is 0 Å². The Hall–Kier alpha value is -3.74. The van der Waals surface area contributed by atoms with Gasteiger partial charge in [-0.15, -0.1) is 5.10 Å². The Bertz CT molecular complexity index is 1380. The summed E-state index contributed by atoms with van der Waals surface area (Å²) in [5.41, 5.74) is 6.13. The summed E-state index contributed by atoms with van der Waals surface area (Å²) in [6.45, 7) is 6.26. The fourth-order valence-electron chi connectivity index (χ4n) is 3.88. The first-order valence-corrected chi connectivity index (χ1v) is 9.83. The fourth-order valence-corrected chi connectivity index (χ4v) is 3.88. The third-order valence-electron chi connectivity index (χ3n) is 5.59. The van der Waals surface area contributed by atoms with Crippen LogP contribution in [0, 0.1) is 20.8 Å². The lowest BCUT2D eigenvalue weighted by atomic mass is 10.1. The van der Waals surface area contributed by atoms with E-state index in [1.165, 1.54) is 0 Å². The number of hydrogen-bond donors (Lipinski definition) is 0. The van der Waals surface area contributed by atoms with Crippen LogP contribution in [0.3, 0.4) is 0 Å². The van der Waals surface area contributed by atoms with Crippen LogP contribution in [0.2, 0.25) is 0 Å². The summed E-state index contributed by atoms with van der Waals surface area (Å²) < 4.78 is 9.11. The van der Waals surface area contributed by atoms with Gasteiger partial charge < -0.3 is 4.74 Å². The van der Waals surface area contributed by atoms with Crippen LogP contribution in [-0.2, 0) is 6.42 Å². The summed E-state index contributed by atoms with van der Waals surface area (Å²) in [6, 6.07) is 12.0. The molecule has 7 heteroatoms. The van der Waals surface area contributed by atoms with Crippen molar-refractivity contribution in [2.75, 3.05) is 7.11 Å². The second-order valence-electron chi connectivity index (χ2n) is 7.45. The van der Waals surface area contributed by atoms with E-state index in [4.69, 9.17) is 14.7 Å². The third kappa shape index (κ3) is 2.82. The SMILES string of the molecule is COc1ccc(Cc2nc3c4c(C)c(C)n(-c5ncccc5C)c4ncn3n2)cc1. The number of rotatable bonds is 4. The first-order valence-electron chi connectivity index (χ1n) is 9.83. The van der Waals surface area contributed by atoms with Gasteiger partial charge in [-0.1, -0.05) is 18.2 Å². The highest BCUT2D eigenvalue weighted by Crippen LogP contribution is 2.30. The Balaban J connectivity index is 1.65. The second kappa shape index (κ2) is 6.95. The molecule has 0 aliphatic rings. The smallest absolute Gasteiger partial charge is 0.168 e. The van der Waals surface area contributed by atoms with Crippen molar-refractivity contribution in [3.05, 3.63) is 77.1 Å². The van der Waals surface area contributed by atoms with E-state index in [-0.39, 0.29) is 0 Å². The van der Waals surface area contributed by atoms with Crippen molar-refractivity contribution < 1.29 is 4.74 Å². The lowest BCUT2D eigenvalue weighted by Gasteiger charge is -2.09. The zero-order valence-electron chi connectivity index (χ0n) is 17.4. The first-order chi connectivity index (χ1) is 14.6. The first kappa shape index (κ1) is 18.3. The van der Waals surface area contributed by atoms with Crippen LogP contribution in [-0.4, -0.2) is 36.2 Å². The maximum absolute atomic E-state index is 5.24. The number of methoxy groups -OCH3 is 1. The van der Waals surface area contributed by atoms with E-state index in [0.29, 0.717) is 6.42 Å². The molecule has 30 heavy (non-hydrogen) atoms. The number of fused-ring (bicyclic) bond motifs is 3. The summed E-state index contributed by atoms with van der Waals surface area (Å²) in [7, 11) is 1.67. The Morgan fingerprint density at radius 3 is 2.50 bits per heavy atom. The van der Waals surface area contributed by atoms with Gasteiger partial charge in [0, 0.05) is 18.3 Å². The minimum Gasteiger partial charge on any atom is -0.497 e. The minimum absolute atomic E-state index is 0.644. The summed E-state index contributed by atoms with van der Waals surface area (Å²) in [5.74, 6) is 2.49. The highest BCUT2D eigenvalue weighted by molar-refractivity contribution is 5.94. The number of nitrogens with zero attached hydrogens (tertiary/aromatic N) is 6. The molecule has 0 radical (unpaired) electrons. The molecule has 0 bridgehead atoms. The molecule has 150 valence electrons. The third-order valence-corrected chi connectivity index (χ3v) is 5.59. The second-order valence-corrected chi connectivity index (χ2v) is 7.45. The van der Waals surface area contributed by atoms with Gasteiger partial charge in [-0.25, -0.2) is 19.5 Å². The Kier molecular flexibility index (Phi) is 4.24. The predicted octanol–water partition coefficient (Wildman–Crippen LogP) is 3.99. The molecule has 0 amide bonds. The largest absolute Gasteiger partial charge is 0.497 e. The fraction of sp³-hybridized carbons (Fsp3) is 0.217. The number of aromatic nitrogens is 6. The predicted molar refractivity (Wildman–Crippen MR) is 115 cm³/mol. The molecular formula is C23H22N6O. The number of ether oxygens (including phenoxy) is 1. The van der Waals surface area contributed by atoms with E-state index in [1.807, 2.05) is 36.5 Å². The van der Waals surface area contributed by atoms with Crippen LogP contribution in [0.1, 0.15) is 28.2 Å². The summed E-state index contributed by atoms with van der Waals surface area (Å²) in [6.07, 6.45) is 4.19. The van der Waals surface area contributed by atoms with Crippen molar-refractivity contribution in [2.45, 2.75) is 27.2 Å². The van der Waals surface area contributed by atoms with Crippen LogP contribution in [0.25, 0.3) is 22.5 Å². The van der Waals surface area contributed by atoms with Crippen molar-refractivity contribution in [1.82, 2.24) is 29.1 Å². The van der Waals surface area contributed by atoms with Crippen LogP contribution in [0.15, 0.2) is 48.9 Å². The molecule has 1 aromatic carbocycles. The van der Waals surface area contributed by atoms with Gasteiger partial charge in [-0.05, 0) is 55.7 Å². The Morgan fingerprint density at radius 1 is 0.967 bits per heavy atom. The zero-order chi connectivity index (χ0) is 20.8. The topological polar surface area (TPSA) is 70.1 Å². The molecule has 0 aliphatic carbocycles. The van der Waals surface area contributed by atoms with Crippen LogP contribution in [0.5, 0.6) is 5.75 Å². The Morgan fingerprint density at radius 2 is 1.77 bits per heavy atom. The number of benzene rings is 1. The highest BCUT2D eigenvalue weighted by Gasteiger charge is 2.20. The van der Waals surface area contributed by atoms with E-state index < -0.39 is 0 Å². The molecule has 0 spiro atoms. The maximum Gasteiger partial charge on any atom is 0.168 e. The van der Waals surface area contributed by atoms with Crippen molar-refractivity contribution in [3.63, 3.8) is 0 Å². The summed E-state index contributed by atoms with van der Waals surface area (Å²) >= 11 is 0. The minimum atomic E-state index is 0.644. The Labute approximate surface area is 174 Å². The molecule has 0 aliphatic heterocycles. The number of aryl methyl sites for hydroxylation is 2. The van der Waals surface area contributed by atoms with Crippen molar-refractivity contribution in [2.24, 2.45) is 0 Å². The molecule has 0 fully saturated rings. The number of hydrogen-bond acceptors (Lipinski definition) is 5. The van der Waals surface area contributed by atoms with Gasteiger partial charge in [-0.3, -0.25) is 4.57 Å². The average Bonchev–Trinajstić information content (AvgIpc) is 3.27. The summed E-state index contributed by atoms with van der Waals surface area (Å²) in [5, 5.41) is 5.67. The monoisotopic (exact) mass is 398 g/mol. The van der Waals surface area contributed by atoms with E-state index in [1.54, 1.807) is 18.0 Å². The van der Waals surface area contributed by atoms with Gasteiger partial charge in [0.2, 0.25) is 0 Å². The van der Waals surface area contributed by atoms with E-state index in [9.17, 15) is 0 Å². The average molecular weight is 398 g/mol. The van der Waals surface area contributed by atoms with Crippen LogP contribution >= 0.6 is 0 Å². The van der Waals surface area contributed by atoms with Gasteiger partial charge >= 0.3 is 0 Å². The van der Waals surface area contributed by atoms with Crippen molar-refractivity contribution in [1.29, 1.82) is 0 Å². The molecule has 0 saturated heterocycles. The highest BCUT2D eigenvalue weighted by atomic mass is 16.5. The molecule has 0 saturated carbocycles. The van der Waals surface area contributed by atoms with Crippen molar-refractivity contribution in [3.8, 4) is 11.6 Å². The van der Waals surface area contributed by atoms with Gasteiger partial charge in [0.25, 0.3) is 0 Å². The van der Waals surface area contributed by atoms with Gasteiger partial charge in [0.1, 0.15) is 17.9 Å². The molecule has 5 aromatic rings. The maximum atomic E-state index is 5.24. The lowest BCUT2D eigenvalue weighted by Crippen LogP contribution is -2.03. The molecule has 4 heterocycles. The molecule has 7 nitrogen and oxygen atoms in total.